The van der Waals surface area contributed by atoms with Crippen molar-refractivity contribution in [3.63, 3.8) is 0 Å². The lowest BCUT2D eigenvalue weighted by Crippen LogP contribution is -2.12. The predicted octanol–water partition coefficient (Wildman–Crippen LogP) is 4.11. The standard InChI is InChI=1S/C10H6Cl2F3NO/c11-7-1-5(9-3-17-4-16-9)6(2-8(7)12)10(13,14)15/h1-2,4,9H,3H2. The first kappa shape index (κ1) is 12.5. The minimum Gasteiger partial charge on any atom is -0.481 e. The largest absolute Gasteiger partial charge is 0.481 e. The average molecular weight is 284 g/mol. The third-order valence-corrected chi connectivity index (χ3v) is 3.05. The highest BCUT2D eigenvalue weighted by atomic mass is 35.5. The van der Waals surface area contributed by atoms with Gasteiger partial charge >= 0.3 is 6.18 Å². The Balaban J connectivity index is 2.55. The van der Waals surface area contributed by atoms with Gasteiger partial charge in [-0.1, -0.05) is 23.2 Å². The van der Waals surface area contributed by atoms with Crippen molar-refractivity contribution in [2.45, 2.75) is 12.2 Å². The van der Waals surface area contributed by atoms with Crippen LogP contribution in [0, 0.1) is 0 Å². The van der Waals surface area contributed by atoms with E-state index in [1.54, 1.807) is 0 Å². The van der Waals surface area contributed by atoms with E-state index in [1.165, 1.54) is 6.07 Å². The van der Waals surface area contributed by atoms with Gasteiger partial charge in [0.25, 0.3) is 0 Å². The number of alkyl halides is 3. The van der Waals surface area contributed by atoms with E-state index in [0.717, 1.165) is 12.5 Å². The van der Waals surface area contributed by atoms with Crippen LogP contribution in [0.15, 0.2) is 17.1 Å². The lowest BCUT2D eigenvalue weighted by molar-refractivity contribution is -0.138. The molecule has 1 aromatic rings. The van der Waals surface area contributed by atoms with Crippen LogP contribution in [0.2, 0.25) is 10.0 Å². The van der Waals surface area contributed by atoms with Gasteiger partial charge in [0.15, 0.2) is 6.40 Å². The molecule has 0 saturated heterocycles. The Morgan fingerprint density at radius 1 is 1.24 bits per heavy atom. The second-order valence-electron chi connectivity index (χ2n) is 3.45. The van der Waals surface area contributed by atoms with E-state index in [0.29, 0.717) is 0 Å². The lowest BCUT2D eigenvalue weighted by atomic mass is 10.0. The maximum Gasteiger partial charge on any atom is 0.416 e. The summed E-state index contributed by atoms with van der Waals surface area (Å²) >= 11 is 11.3. The Hall–Kier alpha value is -0.940. The molecular formula is C10H6Cl2F3NO. The fraction of sp³-hybridized carbons (Fsp3) is 0.300. The molecular weight excluding hydrogens is 278 g/mol. The van der Waals surface area contributed by atoms with Crippen molar-refractivity contribution in [1.82, 2.24) is 0 Å². The molecule has 0 aromatic heterocycles. The van der Waals surface area contributed by atoms with Gasteiger partial charge in [0.2, 0.25) is 0 Å². The summed E-state index contributed by atoms with van der Waals surface area (Å²) in [4.78, 5) is 3.80. The smallest absolute Gasteiger partial charge is 0.416 e. The normalized spacial score (nSPS) is 19.5. The Morgan fingerprint density at radius 2 is 1.88 bits per heavy atom. The van der Waals surface area contributed by atoms with E-state index in [9.17, 15) is 13.2 Å². The summed E-state index contributed by atoms with van der Waals surface area (Å²) in [5, 5.41) is -0.0672. The van der Waals surface area contributed by atoms with E-state index >= 15 is 0 Å². The first-order valence-corrected chi connectivity index (χ1v) is 5.34. The number of hydrogen-bond donors (Lipinski definition) is 0. The van der Waals surface area contributed by atoms with Crippen molar-refractivity contribution < 1.29 is 17.9 Å². The Morgan fingerprint density at radius 3 is 2.41 bits per heavy atom. The third-order valence-electron chi connectivity index (χ3n) is 2.33. The predicted molar refractivity (Wildman–Crippen MR) is 58.6 cm³/mol. The van der Waals surface area contributed by atoms with Crippen LogP contribution in [-0.4, -0.2) is 13.0 Å². The zero-order valence-electron chi connectivity index (χ0n) is 8.26. The van der Waals surface area contributed by atoms with Crippen LogP contribution in [0.4, 0.5) is 13.2 Å². The highest BCUT2D eigenvalue weighted by molar-refractivity contribution is 6.42. The van der Waals surface area contributed by atoms with Crippen LogP contribution in [0.25, 0.3) is 0 Å². The molecule has 1 aliphatic rings. The molecule has 0 spiro atoms. The first-order valence-electron chi connectivity index (χ1n) is 4.59. The highest BCUT2D eigenvalue weighted by Crippen LogP contribution is 2.40. The number of aliphatic imine (C=N–C) groups is 1. The minimum atomic E-state index is -4.50. The average Bonchev–Trinajstić information content (AvgIpc) is 2.73. The quantitative estimate of drug-likeness (QED) is 0.760. The summed E-state index contributed by atoms with van der Waals surface area (Å²) in [7, 11) is 0. The Labute approximate surface area is 105 Å². The van der Waals surface area contributed by atoms with Gasteiger partial charge in [0.05, 0.1) is 15.6 Å². The van der Waals surface area contributed by atoms with E-state index < -0.39 is 17.8 Å². The molecule has 0 bridgehead atoms. The van der Waals surface area contributed by atoms with Gasteiger partial charge in [-0.2, -0.15) is 13.2 Å². The third kappa shape index (κ3) is 2.50. The molecule has 0 aliphatic carbocycles. The van der Waals surface area contributed by atoms with Crippen molar-refractivity contribution in [3.05, 3.63) is 33.3 Å². The Bertz CT molecular complexity index is 473. The van der Waals surface area contributed by atoms with Crippen LogP contribution in [0.1, 0.15) is 17.2 Å². The zero-order chi connectivity index (χ0) is 12.6. The van der Waals surface area contributed by atoms with E-state index in [4.69, 9.17) is 27.9 Å². The molecule has 0 radical (unpaired) electrons. The van der Waals surface area contributed by atoms with Crippen LogP contribution < -0.4 is 0 Å². The molecule has 1 atom stereocenters. The molecule has 1 heterocycles. The summed E-state index contributed by atoms with van der Waals surface area (Å²) in [6.45, 7) is 0.0705. The lowest BCUT2D eigenvalue weighted by Gasteiger charge is -2.16. The molecule has 1 aromatic carbocycles. The summed E-state index contributed by atoms with van der Waals surface area (Å²) in [5.41, 5.74) is -0.861. The number of nitrogens with zero attached hydrogens (tertiary/aromatic N) is 1. The van der Waals surface area contributed by atoms with E-state index in [2.05, 4.69) is 4.99 Å². The van der Waals surface area contributed by atoms with Gasteiger partial charge < -0.3 is 4.74 Å². The van der Waals surface area contributed by atoms with E-state index in [-0.39, 0.29) is 22.2 Å². The molecule has 1 aliphatic heterocycles. The van der Waals surface area contributed by atoms with Gasteiger partial charge in [0.1, 0.15) is 12.6 Å². The van der Waals surface area contributed by atoms with Crippen LogP contribution >= 0.6 is 23.2 Å². The van der Waals surface area contributed by atoms with E-state index in [1.807, 2.05) is 0 Å². The van der Waals surface area contributed by atoms with Gasteiger partial charge in [-0.05, 0) is 17.7 Å². The van der Waals surface area contributed by atoms with Crippen LogP contribution in [-0.2, 0) is 10.9 Å². The van der Waals surface area contributed by atoms with Crippen molar-refractivity contribution in [1.29, 1.82) is 0 Å². The second-order valence-corrected chi connectivity index (χ2v) is 4.27. The summed E-state index contributed by atoms with van der Waals surface area (Å²) < 4.78 is 43.3. The molecule has 0 saturated carbocycles. The molecule has 0 amide bonds. The monoisotopic (exact) mass is 283 g/mol. The SMILES string of the molecule is FC(F)(F)c1cc(Cl)c(Cl)cc1C1COC=N1. The van der Waals surface area contributed by atoms with Gasteiger partial charge in [-0.3, -0.25) is 0 Å². The van der Waals surface area contributed by atoms with Crippen LogP contribution in [0.5, 0.6) is 0 Å². The molecule has 0 N–H and O–H groups in total. The van der Waals surface area contributed by atoms with Gasteiger partial charge in [0, 0.05) is 0 Å². The molecule has 0 fully saturated rings. The fourth-order valence-electron chi connectivity index (χ4n) is 1.55. The van der Waals surface area contributed by atoms with Gasteiger partial charge in [-0.15, -0.1) is 0 Å². The molecule has 7 heteroatoms. The second kappa shape index (κ2) is 4.38. The van der Waals surface area contributed by atoms with Crippen molar-refractivity contribution in [2.75, 3.05) is 6.61 Å². The molecule has 1 unspecified atom stereocenters. The first-order chi connectivity index (χ1) is 7.89. The van der Waals surface area contributed by atoms with Crippen molar-refractivity contribution >= 4 is 29.6 Å². The summed E-state index contributed by atoms with van der Waals surface area (Å²) in [6, 6.07) is 1.30. The zero-order valence-corrected chi connectivity index (χ0v) is 9.77. The van der Waals surface area contributed by atoms with Crippen LogP contribution in [0.3, 0.4) is 0 Å². The molecule has 2 nitrogen and oxygen atoms in total. The molecule has 17 heavy (non-hydrogen) atoms. The number of halogens is 5. The fourth-order valence-corrected chi connectivity index (χ4v) is 1.88. The topological polar surface area (TPSA) is 21.6 Å². The number of rotatable bonds is 1. The van der Waals surface area contributed by atoms with Crippen molar-refractivity contribution in [3.8, 4) is 0 Å². The van der Waals surface area contributed by atoms with Gasteiger partial charge in [-0.25, -0.2) is 4.99 Å². The Kier molecular flexibility index (Phi) is 3.23. The molecule has 92 valence electrons. The summed E-state index contributed by atoms with van der Waals surface area (Å²) in [5.74, 6) is 0. The van der Waals surface area contributed by atoms with Crippen molar-refractivity contribution in [2.24, 2.45) is 4.99 Å². The minimum absolute atomic E-state index is 0.0272. The maximum absolute atomic E-state index is 12.8. The summed E-state index contributed by atoms with van der Waals surface area (Å²) in [6.07, 6.45) is -3.37. The highest BCUT2D eigenvalue weighted by Gasteiger charge is 2.36. The maximum atomic E-state index is 12.8. The number of ether oxygens (including phenoxy) is 1. The molecule has 2 rings (SSSR count). The number of benzene rings is 1. The number of hydrogen-bond acceptors (Lipinski definition) is 2.